The van der Waals surface area contributed by atoms with Gasteiger partial charge >= 0.3 is 0 Å². The Morgan fingerprint density at radius 1 is 1.00 bits per heavy atom. The van der Waals surface area contributed by atoms with Gasteiger partial charge in [-0.1, -0.05) is 49.6 Å². The molecule has 118 valence electrons. The summed E-state index contributed by atoms with van der Waals surface area (Å²) in [5, 5.41) is 0. The van der Waals surface area contributed by atoms with E-state index in [4.69, 9.17) is 14.2 Å². The molecular formula is C18H28O3. The maximum atomic E-state index is 6.24. The van der Waals surface area contributed by atoms with E-state index >= 15 is 0 Å². The smallest absolute Gasteiger partial charge is 0.157 e. The van der Waals surface area contributed by atoms with Gasteiger partial charge in [-0.25, -0.2) is 0 Å². The van der Waals surface area contributed by atoms with Crippen LogP contribution in [0.1, 0.15) is 44.1 Å². The van der Waals surface area contributed by atoms with Gasteiger partial charge in [0.2, 0.25) is 0 Å². The lowest BCUT2D eigenvalue weighted by atomic mass is 9.93. The second-order valence-electron chi connectivity index (χ2n) is 5.87. The third kappa shape index (κ3) is 5.42. The first-order valence-electron chi connectivity index (χ1n) is 8.04. The molecule has 3 heteroatoms. The van der Waals surface area contributed by atoms with Crippen LogP contribution < -0.4 is 0 Å². The van der Waals surface area contributed by atoms with Crippen molar-refractivity contribution in [3.63, 3.8) is 0 Å². The van der Waals surface area contributed by atoms with Crippen molar-refractivity contribution >= 4 is 0 Å². The first-order valence-corrected chi connectivity index (χ1v) is 8.04. The Balaban J connectivity index is 1.92. The van der Waals surface area contributed by atoms with Crippen molar-refractivity contribution in [1.82, 2.24) is 0 Å². The van der Waals surface area contributed by atoms with Crippen molar-refractivity contribution in [2.45, 2.75) is 57.5 Å². The molecule has 0 aromatic heterocycles. The van der Waals surface area contributed by atoms with Gasteiger partial charge in [0.25, 0.3) is 0 Å². The summed E-state index contributed by atoms with van der Waals surface area (Å²) < 4.78 is 17.0. The lowest BCUT2D eigenvalue weighted by Gasteiger charge is -2.28. The van der Waals surface area contributed by atoms with Crippen molar-refractivity contribution < 1.29 is 14.2 Å². The van der Waals surface area contributed by atoms with Gasteiger partial charge in [-0.05, 0) is 24.3 Å². The summed E-state index contributed by atoms with van der Waals surface area (Å²) in [5.74, 6) is 0.529. The minimum atomic E-state index is -0.115. The van der Waals surface area contributed by atoms with E-state index in [2.05, 4.69) is 24.3 Å². The zero-order chi connectivity index (χ0) is 14.9. The van der Waals surface area contributed by atoms with Gasteiger partial charge < -0.3 is 14.2 Å². The Morgan fingerprint density at radius 3 is 2.43 bits per heavy atom. The topological polar surface area (TPSA) is 27.7 Å². The lowest BCUT2D eigenvalue weighted by Crippen LogP contribution is -2.28. The number of hydrogen-bond donors (Lipinski definition) is 0. The highest BCUT2D eigenvalue weighted by molar-refractivity contribution is 5.13. The molecule has 2 atom stereocenters. The number of benzene rings is 1. The summed E-state index contributed by atoms with van der Waals surface area (Å²) in [4.78, 5) is 0. The molecule has 0 radical (unpaired) electrons. The van der Waals surface area contributed by atoms with E-state index in [0.29, 0.717) is 18.6 Å². The second-order valence-corrected chi connectivity index (χ2v) is 5.87. The van der Waals surface area contributed by atoms with E-state index in [1.165, 1.54) is 31.2 Å². The van der Waals surface area contributed by atoms with Crippen molar-refractivity contribution in [3.8, 4) is 0 Å². The average Bonchev–Trinajstić information content (AvgIpc) is 2.76. The molecule has 1 aromatic carbocycles. The van der Waals surface area contributed by atoms with Crippen molar-refractivity contribution in [1.29, 1.82) is 0 Å². The summed E-state index contributed by atoms with van der Waals surface area (Å²) in [6.07, 6.45) is 7.35. The Labute approximate surface area is 128 Å². The summed E-state index contributed by atoms with van der Waals surface area (Å²) in [5.41, 5.74) is 1.25. The largest absolute Gasteiger partial charge is 0.373 e. The summed E-state index contributed by atoms with van der Waals surface area (Å²) in [6.45, 7) is 0.701. The highest BCUT2D eigenvalue weighted by Gasteiger charge is 2.27. The van der Waals surface area contributed by atoms with Crippen LogP contribution in [0.2, 0.25) is 0 Å². The lowest BCUT2D eigenvalue weighted by molar-refractivity contribution is -0.127. The fourth-order valence-corrected chi connectivity index (χ4v) is 3.15. The van der Waals surface area contributed by atoms with E-state index in [9.17, 15) is 0 Å². The van der Waals surface area contributed by atoms with Gasteiger partial charge in [0.1, 0.15) is 0 Å². The standard InChI is InChI=1S/C18H28O3/c1-19-18(20-2)13-16-11-7-4-8-12-17(16)21-14-15-9-5-3-6-10-15/h3,5-6,9-10,16-18H,4,7-8,11-14H2,1-2H3/t16-,17-/m1/s1. The molecule has 0 bridgehead atoms. The first kappa shape index (κ1) is 16.5. The molecule has 0 heterocycles. The summed E-state index contributed by atoms with van der Waals surface area (Å²) >= 11 is 0. The van der Waals surface area contributed by atoms with Crippen LogP contribution in [0.5, 0.6) is 0 Å². The minimum absolute atomic E-state index is 0.115. The predicted octanol–water partition coefficient (Wildman–Crippen LogP) is 4.16. The van der Waals surface area contributed by atoms with Crippen LogP contribution in [0.4, 0.5) is 0 Å². The Bertz CT molecular complexity index is 375. The van der Waals surface area contributed by atoms with Gasteiger partial charge in [0, 0.05) is 20.6 Å². The van der Waals surface area contributed by atoms with Crippen molar-refractivity contribution in [2.24, 2.45) is 5.92 Å². The van der Waals surface area contributed by atoms with Crippen LogP contribution in [0.3, 0.4) is 0 Å². The number of rotatable bonds is 7. The van der Waals surface area contributed by atoms with Gasteiger partial charge in [-0.15, -0.1) is 0 Å². The Morgan fingerprint density at radius 2 is 1.71 bits per heavy atom. The van der Waals surface area contributed by atoms with Crippen LogP contribution in [0.25, 0.3) is 0 Å². The van der Waals surface area contributed by atoms with Crippen LogP contribution in [-0.4, -0.2) is 26.6 Å². The van der Waals surface area contributed by atoms with Gasteiger partial charge in [0.05, 0.1) is 12.7 Å². The van der Waals surface area contributed by atoms with Gasteiger partial charge in [0.15, 0.2) is 6.29 Å². The number of ether oxygens (including phenoxy) is 3. The highest BCUT2D eigenvalue weighted by Crippen LogP contribution is 2.30. The second kappa shape index (κ2) is 9.19. The molecule has 0 unspecified atom stereocenters. The third-order valence-corrected chi connectivity index (χ3v) is 4.42. The molecule has 1 fully saturated rings. The molecule has 3 nitrogen and oxygen atoms in total. The molecule has 2 rings (SSSR count). The van der Waals surface area contributed by atoms with Crippen LogP contribution in [0.15, 0.2) is 30.3 Å². The molecule has 0 saturated heterocycles. The molecule has 0 aliphatic heterocycles. The van der Waals surface area contributed by atoms with Gasteiger partial charge in [-0.2, -0.15) is 0 Å². The average molecular weight is 292 g/mol. The minimum Gasteiger partial charge on any atom is -0.373 e. The fraction of sp³-hybridized carbons (Fsp3) is 0.667. The zero-order valence-corrected chi connectivity index (χ0v) is 13.3. The van der Waals surface area contributed by atoms with Gasteiger partial charge in [-0.3, -0.25) is 0 Å². The molecule has 0 N–H and O–H groups in total. The molecule has 21 heavy (non-hydrogen) atoms. The molecule has 1 aliphatic rings. The first-order chi connectivity index (χ1) is 10.3. The molecule has 1 aromatic rings. The zero-order valence-electron chi connectivity index (χ0n) is 13.3. The molecule has 1 aliphatic carbocycles. The van der Waals surface area contributed by atoms with E-state index in [1.807, 2.05) is 6.07 Å². The molecule has 0 spiro atoms. The van der Waals surface area contributed by atoms with Crippen molar-refractivity contribution in [3.05, 3.63) is 35.9 Å². The normalized spacial score (nSPS) is 23.2. The predicted molar refractivity (Wildman–Crippen MR) is 84.0 cm³/mol. The number of hydrogen-bond acceptors (Lipinski definition) is 3. The highest BCUT2D eigenvalue weighted by atomic mass is 16.7. The number of methoxy groups -OCH3 is 2. The van der Waals surface area contributed by atoms with Crippen molar-refractivity contribution in [2.75, 3.05) is 14.2 Å². The van der Waals surface area contributed by atoms with E-state index in [1.54, 1.807) is 14.2 Å². The van der Waals surface area contributed by atoms with Crippen LogP contribution in [-0.2, 0) is 20.8 Å². The van der Waals surface area contributed by atoms with E-state index in [0.717, 1.165) is 12.8 Å². The fourth-order valence-electron chi connectivity index (χ4n) is 3.15. The monoisotopic (exact) mass is 292 g/mol. The third-order valence-electron chi connectivity index (χ3n) is 4.42. The van der Waals surface area contributed by atoms with E-state index < -0.39 is 0 Å². The SMILES string of the molecule is COC(C[C@H]1CCCCC[C@H]1OCc1ccccc1)OC. The molecule has 1 saturated carbocycles. The summed E-state index contributed by atoms with van der Waals surface area (Å²) in [7, 11) is 3.43. The van der Waals surface area contributed by atoms with Crippen LogP contribution >= 0.6 is 0 Å². The maximum absolute atomic E-state index is 6.24. The Kier molecular flexibility index (Phi) is 7.20. The maximum Gasteiger partial charge on any atom is 0.157 e. The molecular weight excluding hydrogens is 264 g/mol. The quantitative estimate of drug-likeness (QED) is 0.558. The molecule has 0 amide bonds. The van der Waals surface area contributed by atoms with Crippen LogP contribution in [0, 0.1) is 5.92 Å². The van der Waals surface area contributed by atoms with E-state index in [-0.39, 0.29) is 6.29 Å². The summed E-state index contributed by atoms with van der Waals surface area (Å²) in [6, 6.07) is 10.4. The Hall–Kier alpha value is -0.900.